The highest BCUT2D eigenvalue weighted by molar-refractivity contribution is 4.89. The monoisotopic (exact) mass is 156 g/mol. The number of nitrogens with zero attached hydrogens (tertiary/aromatic N) is 1. The van der Waals surface area contributed by atoms with Crippen LogP contribution in [0.25, 0.3) is 0 Å². The first-order chi connectivity index (χ1) is 5.27. The average molecular weight is 156 g/mol. The summed E-state index contributed by atoms with van der Waals surface area (Å²) in [6.45, 7) is 0. The lowest BCUT2D eigenvalue weighted by molar-refractivity contribution is -0.196. The van der Waals surface area contributed by atoms with E-state index in [1.807, 2.05) is 0 Å². The van der Waals surface area contributed by atoms with Crippen LogP contribution < -0.4 is 5.73 Å². The fourth-order valence-electron chi connectivity index (χ4n) is 2.40. The summed E-state index contributed by atoms with van der Waals surface area (Å²) in [6.07, 6.45) is 5.47. The van der Waals surface area contributed by atoms with Crippen LogP contribution in [0.4, 0.5) is 0 Å². The van der Waals surface area contributed by atoms with Crippen molar-refractivity contribution < 1.29 is 5.21 Å². The van der Waals surface area contributed by atoms with E-state index >= 15 is 0 Å². The topological polar surface area (TPSA) is 49.5 Å². The lowest BCUT2D eigenvalue weighted by atomic mass is 9.84. The summed E-state index contributed by atoms with van der Waals surface area (Å²) in [7, 11) is 0. The van der Waals surface area contributed by atoms with Crippen LogP contribution >= 0.6 is 0 Å². The molecule has 2 unspecified atom stereocenters. The molecule has 3 heteroatoms. The third-order valence-electron chi connectivity index (χ3n) is 2.97. The van der Waals surface area contributed by atoms with Crippen molar-refractivity contribution in [3.05, 3.63) is 0 Å². The number of rotatable bonds is 0. The molecule has 0 saturated carbocycles. The summed E-state index contributed by atoms with van der Waals surface area (Å²) < 4.78 is 0. The predicted octanol–water partition coefficient (Wildman–Crippen LogP) is 0.720. The number of hydroxylamine groups is 2. The Kier molecular flexibility index (Phi) is 1.87. The summed E-state index contributed by atoms with van der Waals surface area (Å²) in [5.74, 6) is 0. The molecule has 3 nitrogen and oxygen atoms in total. The van der Waals surface area contributed by atoms with Crippen molar-refractivity contribution in [3.8, 4) is 0 Å². The molecular weight excluding hydrogens is 140 g/mol. The Morgan fingerprint density at radius 3 is 2.27 bits per heavy atom. The summed E-state index contributed by atoms with van der Waals surface area (Å²) in [4.78, 5) is 0. The van der Waals surface area contributed by atoms with Gasteiger partial charge in [-0.2, -0.15) is 5.06 Å². The molecule has 2 bridgehead atoms. The van der Waals surface area contributed by atoms with Gasteiger partial charge in [0.1, 0.15) is 0 Å². The second-order valence-electron chi connectivity index (χ2n) is 3.85. The molecule has 2 aliphatic rings. The Balaban J connectivity index is 2.07. The van der Waals surface area contributed by atoms with E-state index in [-0.39, 0.29) is 0 Å². The molecular formula is C8H16N2O. The zero-order valence-electron chi connectivity index (χ0n) is 6.74. The van der Waals surface area contributed by atoms with Crippen LogP contribution in [-0.4, -0.2) is 28.4 Å². The Morgan fingerprint density at radius 1 is 1.18 bits per heavy atom. The normalized spacial score (nSPS) is 45.8. The van der Waals surface area contributed by atoms with E-state index in [1.165, 1.54) is 6.42 Å². The minimum atomic E-state index is 0.327. The molecule has 0 aromatic carbocycles. The zero-order valence-corrected chi connectivity index (χ0v) is 6.74. The maximum Gasteiger partial charge on any atom is 0.0368 e. The number of fused-ring (bicyclic) bond motifs is 2. The van der Waals surface area contributed by atoms with Gasteiger partial charge in [-0.25, -0.2) is 0 Å². The summed E-state index contributed by atoms with van der Waals surface area (Å²) in [5.41, 5.74) is 5.85. The maximum absolute atomic E-state index is 9.58. The highest BCUT2D eigenvalue weighted by Gasteiger charge is 2.35. The fourth-order valence-corrected chi connectivity index (χ4v) is 2.40. The zero-order chi connectivity index (χ0) is 7.84. The molecule has 0 spiro atoms. The van der Waals surface area contributed by atoms with E-state index in [9.17, 15) is 5.21 Å². The van der Waals surface area contributed by atoms with E-state index in [0.717, 1.165) is 25.7 Å². The van der Waals surface area contributed by atoms with Crippen LogP contribution in [0.3, 0.4) is 0 Å². The van der Waals surface area contributed by atoms with Gasteiger partial charge in [0.05, 0.1) is 0 Å². The van der Waals surface area contributed by atoms with Gasteiger partial charge in [0, 0.05) is 18.1 Å². The van der Waals surface area contributed by atoms with Crippen molar-refractivity contribution in [2.24, 2.45) is 5.73 Å². The third kappa shape index (κ3) is 1.28. The molecule has 2 rings (SSSR count). The standard InChI is InChI=1S/C8H16N2O/c9-6-4-7-2-1-3-8(5-6)10(7)11/h6-8,11H,1-5,9H2. The fraction of sp³-hybridized carbons (Fsp3) is 1.00. The van der Waals surface area contributed by atoms with Gasteiger partial charge in [-0.15, -0.1) is 0 Å². The van der Waals surface area contributed by atoms with Crippen LogP contribution in [0.5, 0.6) is 0 Å². The van der Waals surface area contributed by atoms with Gasteiger partial charge in [0.25, 0.3) is 0 Å². The summed E-state index contributed by atoms with van der Waals surface area (Å²) in [5, 5.41) is 11.1. The van der Waals surface area contributed by atoms with Crippen LogP contribution in [0.1, 0.15) is 32.1 Å². The highest BCUT2D eigenvalue weighted by atomic mass is 16.5. The van der Waals surface area contributed by atoms with Crippen molar-refractivity contribution in [3.63, 3.8) is 0 Å². The quantitative estimate of drug-likeness (QED) is 0.543. The molecule has 0 radical (unpaired) electrons. The Morgan fingerprint density at radius 2 is 1.73 bits per heavy atom. The first-order valence-electron chi connectivity index (χ1n) is 4.50. The number of nitrogens with two attached hydrogens (primary N) is 1. The minimum absolute atomic E-state index is 0.327. The largest absolute Gasteiger partial charge is 0.328 e. The van der Waals surface area contributed by atoms with Gasteiger partial charge in [-0.1, -0.05) is 6.42 Å². The van der Waals surface area contributed by atoms with Gasteiger partial charge in [0.2, 0.25) is 0 Å². The first-order valence-corrected chi connectivity index (χ1v) is 4.50. The van der Waals surface area contributed by atoms with Crippen molar-refractivity contribution in [2.45, 2.75) is 50.2 Å². The second kappa shape index (κ2) is 2.73. The van der Waals surface area contributed by atoms with Gasteiger partial charge in [-0.05, 0) is 25.7 Å². The smallest absolute Gasteiger partial charge is 0.0368 e. The molecule has 11 heavy (non-hydrogen) atoms. The second-order valence-corrected chi connectivity index (χ2v) is 3.85. The van der Waals surface area contributed by atoms with E-state index in [4.69, 9.17) is 5.73 Å². The molecule has 2 heterocycles. The number of hydrogen-bond donors (Lipinski definition) is 2. The lowest BCUT2D eigenvalue weighted by Gasteiger charge is -2.44. The Hall–Kier alpha value is -0.120. The van der Waals surface area contributed by atoms with E-state index in [0.29, 0.717) is 18.1 Å². The van der Waals surface area contributed by atoms with Crippen molar-refractivity contribution >= 4 is 0 Å². The van der Waals surface area contributed by atoms with E-state index in [1.54, 1.807) is 5.06 Å². The van der Waals surface area contributed by atoms with Crippen LogP contribution in [0.15, 0.2) is 0 Å². The van der Waals surface area contributed by atoms with Crippen molar-refractivity contribution in [2.75, 3.05) is 0 Å². The van der Waals surface area contributed by atoms with Crippen LogP contribution in [0.2, 0.25) is 0 Å². The lowest BCUT2D eigenvalue weighted by Crippen LogP contribution is -2.53. The molecule has 0 aromatic heterocycles. The molecule has 2 fully saturated rings. The van der Waals surface area contributed by atoms with Crippen molar-refractivity contribution in [1.29, 1.82) is 0 Å². The molecule has 0 amide bonds. The van der Waals surface area contributed by atoms with Gasteiger partial charge in [0.15, 0.2) is 0 Å². The predicted molar refractivity (Wildman–Crippen MR) is 42.3 cm³/mol. The molecule has 64 valence electrons. The van der Waals surface area contributed by atoms with E-state index in [2.05, 4.69) is 0 Å². The molecule has 2 saturated heterocycles. The van der Waals surface area contributed by atoms with Crippen LogP contribution in [0, 0.1) is 0 Å². The SMILES string of the molecule is NC1CC2CCCC(C1)N2O. The Labute approximate surface area is 67.1 Å². The minimum Gasteiger partial charge on any atom is -0.328 e. The molecule has 2 atom stereocenters. The first kappa shape index (κ1) is 7.53. The number of hydrogen-bond acceptors (Lipinski definition) is 3. The highest BCUT2D eigenvalue weighted by Crippen LogP contribution is 2.31. The molecule has 0 aliphatic carbocycles. The molecule has 2 aliphatic heterocycles. The Bertz CT molecular complexity index is 137. The molecule has 3 N–H and O–H groups in total. The average Bonchev–Trinajstić information content (AvgIpc) is 1.92. The maximum atomic E-state index is 9.58. The van der Waals surface area contributed by atoms with Gasteiger partial charge < -0.3 is 10.9 Å². The molecule has 0 aromatic rings. The van der Waals surface area contributed by atoms with Crippen LogP contribution in [-0.2, 0) is 0 Å². The number of piperidine rings is 2. The van der Waals surface area contributed by atoms with Gasteiger partial charge in [-0.3, -0.25) is 0 Å². The van der Waals surface area contributed by atoms with Crippen molar-refractivity contribution in [1.82, 2.24) is 5.06 Å². The third-order valence-corrected chi connectivity index (χ3v) is 2.97. The van der Waals surface area contributed by atoms with E-state index < -0.39 is 0 Å². The summed E-state index contributed by atoms with van der Waals surface area (Å²) in [6, 6.07) is 1.05. The van der Waals surface area contributed by atoms with Gasteiger partial charge >= 0.3 is 0 Å². The summed E-state index contributed by atoms with van der Waals surface area (Å²) >= 11 is 0.